The van der Waals surface area contributed by atoms with E-state index in [9.17, 15) is 4.79 Å². The molecule has 0 spiro atoms. The molecule has 2 aromatic carbocycles. The Kier molecular flexibility index (Phi) is 3.21. The van der Waals surface area contributed by atoms with Crippen molar-refractivity contribution < 1.29 is 4.79 Å². The fourth-order valence-corrected chi connectivity index (χ4v) is 3.27. The highest BCUT2D eigenvalue weighted by Crippen LogP contribution is 2.36. The molecule has 124 valence electrons. The first kappa shape index (κ1) is 15.1. The Labute approximate surface area is 144 Å². The molecular weight excluding hydrogens is 314 g/mol. The van der Waals surface area contributed by atoms with Crippen molar-refractivity contribution in [3.05, 3.63) is 48.2 Å². The second-order valence-electron chi connectivity index (χ2n) is 6.11. The van der Waals surface area contributed by atoms with E-state index >= 15 is 0 Å². The molecule has 4 N–H and O–H groups in total. The maximum absolute atomic E-state index is 11.5. The second kappa shape index (κ2) is 5.31. The Hall–Kier alpha value is -3.41. The Morgan fingerprint density at radius 2 is 1.80 bits per heavy atom. The number of Topliss-reactive ketones (excluding diaryl/α,β-unsaturated/α-hetero) is 1. The van der Waals surface area contributed by atoms with Gasteiger partial charge in [-0.2, -0.15) is 4.98 Å². The minimum atomic E-state index is 0.0439. The van der Waals surface area contributed by atoms with Gasteiger partial charge in [-0.1, -0.05) is 24.3 Å². The van der Waals surface area contributed by atoms with Crippen molar-refractivity contribution in [2.45, 2.75) is 6.92 Å². The summed E-state index contributed by atoms with van der Waals surface area (Å²) < 4.78 is 2.04. The predicted octanol–water partition coefficient (Wildman–Crippen LogP) is 3.16. The van der Waals surface area contributed by atoms with Crippen molar-refractivity contribution in [2.24, 2.45) is 7.05 Å². The third-order valence-corrected chi connectivity index (χ3v) is 4.46. The molecule has 6 nitrogen and oxygen atoms in total. The third kappa shape index (κ3) is 2.30. The van der Waals surface area contributed by atoms with Gasteiger partial charge in [0.25, 0.3) is 0 Å². The number of fused-ring (bicyclic) bond motifs is 3. The monoisotopic (exact) mass is 331 g/mol. The van der Waals surface area contributed by atoms with Gasteiger partial charge in [0.05, 0.1) is 16.4 Å². The lowest BCUT2D eigenvalue weighted by molar-refractivity contribution is 0.101. The fraction of sp³-hybridized carbons (Fsp3) is 0.105. The van der Waals surface area contributed by atoms with E-state index in [0.29, 0.717) is 16.9 Å². The van der Waals surface area contributed by atoms with Gasteiger partial charge < -0.3 is 16.0 Å². The number of hydrogen-bond acceptors (Lipinski definition) is 5. The molecule has 0 aliphatic heterocycles. The normalized spacial score (nSPS) is 11.3. The predicted molar refractivity (Wildman–Crippen MR) is 100 cm³/mol. The number of anilines is 2. The van der Waals surface area contributed by atoms with E-state index < -0.39 is 0 Å². The van der Waals surface area contributed by atoms with Crippen LogP contribution in [0.4, 0.5) is 11.8 Å². The van der Waals surface area contributed by atoms with E-state index in [-0.39, 0.29) is 11.7 Å². The van der Waals surface area contributed by atoms with Gasteiger partial charge in [-0.25, -0.2) is 4.98 Å². The Balaban J connectivity index is 2.08. The van der Waals surface area contributed by atoms with Gasteiger partial charge in [-0.05, 0) is 24.6 Å². The van der Waals surface area contributed by atoms with Crippen LogP contribution in [0.1, 0.15) is 17.3 Å². The summed E-state index contributed by atoms with van der Waals surface area (Å²) in [6.45, 7) is 1.56. The van der Waals surface area contributed by atoms with Gasteiger partial charge in [-0.3, -0.25) is 4.79 Å². The quantitative estimate of drug-likeness (QED) is 0.550. The zero-order valence-corrected chi connectivity index (χ0v) is 13.9. The number of aromatic nitrogens is 3. The molecule has 4 rings (SSSR count). The lowest BCUT2D eigenvalue weighted by Gasteiger charge is -2.11. The van der Waals surface area contributed by atoms with Crippen LogP contribution in [-0.2, 0) is 7.05 Å². The minimum Gasteiger partial charge on any atom is -0.383 e. The molecule has 2 aromatic heterocycles. The van der Waals surface area contributed by atoms with Crippen LogP contribution in [0.5, 0.6) is 0 Å². The molecule has 0 aliphatic rings. The van der Waals surface area contributed by atoms with Gasteiger partial charge in [0, 0.05) is 29.8 Å². The molecule has 0 saturated carbocycles. The van der Waals surface area contributed by atoms with Crippen LogP contribution >= 0.6 is 0 Å². The van der Waals surface area contributed by atoms with Gasteiger partial charge in [0.15, 0.2) is 5.78 Å². The molecular formula is C19H17N5O. The summed E-state index contributed by atoms with van der Waals surface area (Å²) in [6.07, 6.45) is 1.98. The first-order chi connectivity index (χ1) is 12.0. The number of benzene rings is 2. The van der Waals surface area contributed by atoms with Crippen LogP contribution in [0.2, 0.25) is 0 Å². The topological polar surface area (TPSA) is 99.8 Å². The van der Waals surface area contributed by atoms with E-state index in [1.165, 1.54) is 0 Å². The average Bonchev–Trinajstić information content (AvgIpc) is 2.95. The SMILES string of the molecule is CC(=O)c1ccc(-c2cc3nc(N)nc(N)c3c3ccn(C)c23)cc1. The smallest absolute Gasteiger partial charge is 0.222 e. The number of nitrogen functional groups attached to an aromatic ring is 2. The van der Waals surface area contributed by atoms with Crippen LogP contribution in [0.15, 0.2) is 42.6 Å². The molecule has 2 heterocycles. The first-order valence-corrected chi connectivity index (χ1v) is 7.88. The summed E-state index contributed by atoms with van der Waals surface area (Å²) in [7, 11) is 1.98. The molecule has 0 bridgehead atoms. The first-order valence-electron chi connectivity index (χ1n) is 7.88. The van der Waals surface area contributed by atoms with Crippen molar-refractivity contribution in [2.75, 3.05) is 11.5 Å². The van der Waals surface area contributed by atoms with Crippen molar-refractivity contribution >= 4 is 39.4 Å². The van der Waals surface area contributed by atoms with Crippen molar-refractivity contribution in [3.63, 3.8) is 0 Å². The van der Waals surface area contributed by atoms with Crippen molar-refractivity contribution in [3.8, 4) is 11.1 Å². The summed E-state index contributed by atoms with van der Waals surface area (Å²) in [5.41, 5.74) is 16.3. The van der Waals surface area contributed by atoms with Gasteiger partial charge in [0.2, 0.25) is 5.95 Å². The minimum absolute atomic E-state index is 0.0439. The maximum atomic E-state index is 11.5. The Morgan fingerprint density at radius 1 is 1.08 bits per heavy atom. The molecule has 0 unspecified atom stereocenters. The number of rotatable bonds is 2. The third-order valence-electron chi connectivity index (χ3n) is 4.46. The molecule has 0 radical (unpaired) electrons. The van der Waals surface area contributed by atoms with Gasteiger partial charge in [0.1, 0.15) is 5.82 Å². The zero-order valence-electron chi connectivity index (χ0n) is 13.9. The summed E-state index contributed by atoms with van der Waals surface area (Å²) in [6, 6.07) is 11.5. The highest BCUT2D eigenvalue weighted by Gasteiger charge is 2.15. The van der Waals surface area contributed by atoms with Crippen LogP contribution in [-0.4, -0.2) is 20.3 Å². The molecule has 0 aliphatic carbocycles. The average molecular weight is 331 g/mol. The van der Waals surface area contributed by atoms with Crippen LogP contribution < -0.4 is 11.5 Å². The molecule has 4 aromatic rings. The lowest BCUT2D eigenvalue weighted by atomic mass is 9.98. The zero-order chi connectivity index (χ0) is 17.7. The summed E-state index contributed by atoms with van der Waals surface area (Å²) in [5, 5.41) is 1.78. The number of carbonyl (C=O) groups is 1. The number of carbonyl (C=O) groups excluding carboxylic acids is 1. The second-order valence-corrected chi connectivity index (χ2v) is 6.11. The van der Waals surface area contributed by atoms with Crippen molar-refractivity contribution in [1.29, 1.82) is 0 Å². The van der Waals surface area contributed by atoms with Crippen LogP contribution in [0.3, 0.4) is 0 Å². The van der Waals surface area contributed by atoms with E-state index in [1.54, 1.807) is 6.92 Å². The Bertz CT molecular complexity index is 1140. The number of nitrogens with two attached hydrogens (primary N) is 2. The standard InChI is InChI=1S/C19H17N5O/c1-10(25)11-3-5-12(6-4-11)14-9-15-16(18(20)23-19(21)22-15)13-7-8-24(2)17(13)14/h3-9H,1-2H3,(H4,20,21,22,23). The van der Waals surface area contributed by atoms with E-state index in [0.717, 1.165) is 27.4 Å². The van der Waals surface area contributed by atoms with E-state index in [1.807, 2.05) is 54.2 Å². The van der Waals surface area contributed by atoms with Crippen LogP contribution in [0, 0.1) is 0 Å². The fourth-order valence-electron chi connectivity index (χ4n) is 3.27. The Morgan fingerprint density at radius 3 is 2.48 bits per heavy atom. The molecule has 0 fully saturated rings. The number of hydrogen-bond donors (Lipinski definition) is 2. The maximum Gasteiger partial charge on any atom is 0.222 e. The highest BCUT2D eigenvalue weighted by molar-refractivity contribution is 6.15. The molecule has 6 heteroatoms. The lowest BCUT2D eigenvalue weighted by Crippen LogP contribution is -2.01. The summed E-state index contributed by atoms with van der Waals surface area (Å²) in [5.74, 6) is 0.567. The number of nitrogens with zero attached hydrogens (tertiary/aromatic N) is 3. The van der Waals surface area contributed by atoms with Crippen molar-refractivity contribution in [1.82, 2.24) is 14.5 Å². The largest absolute Gasteiger partial charge is 0.383 e. The number of ketones is 1. The van der Waals surface area contributed by atoms with Gasteiger partial charge in [-0.15, -0.1) is 0 Å². The van der Waals surface area contributed by atoms with E-state index in [4.69, 9.17) is 11.5 Å². The van der Waals surface area contributed by atoms with Gasteiger partial charge >= 0.3 is 0 Å². The van der Waals surface area contributed by atoms with Crippen LogP contribution in [0.25, 0.3) is 32.9 Å². The molecule has 0 saturated heterocycles. The molecule has 0 atom stereocenters. The summed E-state index contributed by atoms with van der Waals surface area (Å²) >= 11 is 0. The highest BCUT2D eigenvalue weighted by atomic mass is 16.1. The summed E-state index contributed by atoms with van der Waals surface area (Å²) in [4.78, 5) is 20.0. The molecule has 0 amide bonds. The number of aryl methyl sites for hydroxylation is 1. The van der Waals surface area contributed by atoms with E-state index in [2.05, 4.69) is 9.97 Å². The molecule has 25 heavy (non-hydrogen) atoms.